The summed E-state index contributed by atoms with van der Waals surface area (Å²) in [5, 5.41) is 2.67. The van der Waals surface area contributed by atoms with E-state index in [0.717, 1.165) is 4.88 Å². The van der Waals surface area contributed by atoms with E-state index >= 15 is 0 Å². The standard InChI is InChI=1S/C21H17N3O3S/c25-20(10-9-14-5-4-12-28-14)23-24-21(26)16-13-18(19-8-3-11-27-19)22-17-7-2-1-6-15(16)17/h1-8,11-13H,9-10H2,(H,23,25)(H,24,26). The lowest BCUT2D eigenvalue weighted by molar-refractivity contribution is -0.121. The zero-order valence-corrected chi connectivity index (χ0v) is 15.7. The van der Waals surface area contributed by atoms with Crippen LogP contribution in [0.4, 0.5) is 0 Å². The van der Waals surface area contributed by atoms with Gasteiger partial charge < -0.3 is 4.42 Å². The number of hydrazine groups is 1. The lowest BCUT2D eigenvalue weighted by Crippen LogP contribution is -2.41. The molecule has 2 amide bonds. The van der Waals surface area contributed by atoms with Crippen LogP contribution in [0.15, 0.2) is 70.7 Å². The van der Waals surface area contributed by atoms with Gasteiger partial charge in [0.25, 0.3) is 5.91 Å². The van der Waals surface area contributed by atoms with Crippen LogP contribution in [0.3, 0.4) is 0 Å². The summed E-state index contributed by atoms with van der Waals surface area (Å²) >= 11 is 1.60. The number of hydrogen-bond donors (Lipinski definition) is 2. The molecule has 0 spiro atoms. The van der Waals surface area contributed by atoms with Crippen LogP contribution in [0, 0.1) is 0 Å². The molecule has 2 N–H and O–H groups in total. The van der Waals surface area contributed by atoms with Crippen LogP contribution in [0.5, 0.6) is 0 Å². The van der Waals surface area contributed by atoms with Gasteiger partial charge in [0.05, 0.1) is 17.3 Å². The van der Waals surface area contributed by atoms with E-state index in [9.17, 15) is 9.59 Å². The SMILES string of the molecule is O=C(CCc1cccs1)NNC(=O)c1cc(-c2ccco2)nc2ccccc12. The third-order valence-electron chi connectivity index (χ3n) is 4.23. The molecule has 0 atom stereocenters. The molecule has 140 valence electrons. The van der Waals surface area contributed by atoms with E-state index in [2.05, 4.69) is 15.8 Å². The number of hydrogen-bond acceptors (Lipinski definition) is 5. The number of nitrogens with zero attached hydrogens (tertiary/aromatic N) is 1. The molecule has 3 aromatic heterocycles. The van der Waals surface area contributed by atoms with Crippen LogP contribution in [0.1, 0.15) is 21.7 Å². The minimum atomic E-state index is -0.407. The number of amides is 2. The van der Waals surface area contributed by atoms with E-state index < -0.39 is 5.91 Å². The average Bonchev–Trinajstić information content (AvgIpc) is 3.43. The Bertz CT molecular complexity index is 1110. The van der Waals surface area contributed by atoms with Crippen molar-refractivity contribution in [2.24, 2.45) is 0 Å². The molecule has 0 aliphatic carbocycles. The van der Waals surface area contributed by atoms with Crippen LogP contribution in [0.25, 0.3) is 22.4 Å². The summed E-state index contributed by atoms with van der Waals surface area (Å²) in [6.45, 7) is 0. The van der Waals surface area contributed by atoms with Crippen molar-refractivity contribution in [2.45, 2.75) is 12.8 Å². The van der Waals surface area contributed by atoms with Gasteiger partial charge in [-0.2, -0.15) is 0 Å². The zero-order valence-electron chi connectivity index (χ0n) is 14.8. The molecule has 0 fully saturated rings. The number of nitrogens with one attached hydrogen (secondary N) is 2. The first-order chi connectivity index (χ1) is 13.7. The number of pyridine rings is 1. The monoisotopic (exact) mass is 391 g/mol. The van der Waals surface area contributed by atoms with Crippen LogP contribution < -0.4 is 10.9 Å². The van der Waals surface area contributed by atoms with Crippen molar-refractivity contribution < 1.29 is 14.0 Å². The number of aryl methyl sites for hydroxylation is 1. The minimum Gasteiger partial charge on any atom is -0.463 e. The average molecular weight is 391 g/mol. The highest BCUT2D eigenvalue weighted by Gasteiger charge is 2.15. The smallest absolute Gasteiger partial charge is 0.270 e. The molecule has 0 aliphatic heterocycles. The van der Waals surface area contributed by atoms with Gasteiger partial charge in [-0.25, -0.2) is 4.98 Å². The minimum absolute atomic E-state index is 0.244. The number of benzene rings is 1. The van der Waals surface area contributed by atoms with Crippen LogP contribution in [-0.4, -0.2) is 16.8 Å². The normalized spacial score (nSPS) is 10.7. The van der Waals surface area contributed by atoms with Gasteiger partial charge in [-0.15, -0.1) is 11.3 Å². The first-order valence-corrected chi connectivity index (χ1v) is 9.64. The molecule has 4 aromatic rings. The molecule has 6 nitrogen and oxygen atoms in total. The van der Waals surface area contributed by atoms with Crippen LogP contribution in [-0.2, 0) is 11.2 Å². The summed E-state index contributed by atoms with van der Waals surface area (Å²) in [5.41, 5.74) is 6.62. The van der Waals surface area contributed by atoms with E-state index in [0.29, 0.717) is 40.8 Å². The fraction of sp³-hybridized carbons (Fsp3) is 0.0952. The van der Waals surface area contributed by atoms with Crippen molar-refractivity contribution in [3.05, 3.63) is 76.7 Å². The fourth-order valence-electron chi connectivity index (χ4n) is 2.86. The first kappa shape index (κ1) is 17.9. The fourth-order valence-corrected chi connectivity index (χ4v) is 3.57. The highest BCUT2D eigenvalue weighted by Crippen LogP contribution is 2.25. The Balaban J connectivity index is 1.51. The number of carbonyl (C=O) groups is 2. The predicted octanol–water partition coefficient (Wildman–Crippen LogP) is 3.95. The highest BCUT2D eigenvalue weighted by molar-refractivity contribution is 7.09. The summed E-state index contributed by atoms with van der Waals surface area (Å²) in [6.07, 6.45) is 2.50. The quantitative estimate of drug-likeness (QED) is 0.505. The lowest BCUT2D eigenvalue weighted by Gasteiger charge is -2.10. The second kappa shape index (κ2) is 8.06. The van der Waals surface area contributed by atoms with Gasteiger partial charge in [-0.05, 0) is 42.1 Å². The molecule has 7 heteroatoms. The van der Waals surface area contributed by atoms with Crippen molar-refractivity contribution >= 4 is 34.1 Å². The van der Waals surface area contributed by atoms with Crippen molar-refractivity contribution in [2.75, 3.05) is 0 Å². The number of furan rings is 1. The second-order valence-corrected chi connectivity index (χ2v) is 7.16. The number of aromatic nitrogens is 1. The van der Waals surface area contributed by atoms with Crippen LogP contribution >= 0.6 is 11.3 Å². The van der Waals surface area contributed by atoms with E-state index in [4.69, 9.17) is 4.42 Å². The van der Waals surface area contributed by atoms with Crippen molar-refractivity contribution in [1.29, 1.82) is 0 Å². The summed E-state index contributed by atoms with van der Waals surface area (Å²) in [6, 6.07) is 16.5. The van der Waals surface area contributed by atoms with E-state index in [1.165, 1.54) is 0 Å². The van der Waals surface area contributed by atoms with Crippen molar-refractivity contribution in [3.8, 4) is 11.5 Å². The maximum Gasteiger partial charge on any atom is 0.270 e. The number of carbonyl (C=O) groups excluding carboxylic acids is 2. The number of para-hydroxylation sites is 1. The van der Waals surface area contributed by atoms with Gasteiger partial charge in [0, 0.05) is 16.7 Å². The zero-order chi connectivity index (χ0) is 19.3. The molecule has 0 saturated heterocycles. The topological polar surface area (TPSA) is 84.2 Å². The van der Waals surface area contributed by atoms with Gasteiger partial charge in [0.2, 0.25) is 5.91 Å². The summed E-state index contributed by atoms with van der Waals surface area (Å²) in [4.78, 5) is 30.5. The lowest BCUT2D eigenvalue weighted by atomic mass is 10.1. The maximum absolute atomic E-state index is 12.7. The van der Waals surface area contributed by atoms with Gasteiger partial charge in [-0.3, -0.25) is 20.4 Å². The second-order valence-electron chi connectivity index (χ2n) is 6.13. The predicted molar refractivity (Wildman–Crippen MR) is 108 cm³/mol. The third kappa shape index (κ3) is 3.94. The van der Waals surface area contributed by atoms with Gasteiger partial charge in [0.1, 0.15) is 5.69 Å². The Hall–Kier alpha value is -3.45. The molecule has 0 bridgehead atoms. The number of rotatable bonds is 5. The first-order valence-electron chi connectivity index (χ1n) is 8.76. The number of fused-ring (bicyclic) bond motifs is 1. The molecule has 0 unspecified atom stereocenters. The summed E-state index contributed by atoms with van der Waals surface area (Å²) in [7, 11) is 0. The van der Waals surface area contributed by atoms with Gasteiger partial charge >= 0.3 is 0 Å². The van der Waals surface area contributed by atoms with Crippen LogP contribution in [0.2, 0.25) is 0 Å². The molecule has 0 aliphatic rings. The van der Waals surface area contributed by atoms with E-state index in [-0.39, 0.29) is 5.91 Å². The Morgan fingerprint density at radius 3 is 2.71 bits per heavy atom. The maximum atomic E-state index is 12.7. The van der Waals surface area contributed by atoms with E-state index in [1.54, 1.807) is 35.8 Å². The highest BCUT2D eigenvalue weighted by atomic mass is 32.1. The largest absolute Gasteiger partial charge is 0.463 e. The molecule has 3 heterocycles. The Morgan fingerprint density at radius 2 is 1.93 bits per heavy atom. The molecule has 1 aromatic carbocycles. The van der Waals surface area contributed by atoms with Crippen molar-refractivity contribution in [3.63, 3.8) is 0 Å². The summed E-state index contributed by atoms with van der Waals surface area (Å²) < 4.78 is 5.41. The molecule has 0 saturated carbocycles. The molecule has 28 heavy (non-hydrogen) atoms. The molecule has 4 rings (SSSR count). The Kier molecular flexibility index (Phi) is 5.16. The molecule has 0 radical (unpaired) electrons. The Labute approximate surface area is 165 Å². The van der Waals surface area contributed by atoms with Gasteiger partial charge in [-0.1, -0.05) is 24.3 Å². The summed E-state index contributed by atoms with van der Waals surface area (Å²) in [5.74, 6) is -0.0814. The number of thiophene rings is 1. The third-order valence-corrected chi connectivity index (χ3v) is 5.16. The molecular weight excluding hydrogens is 374 g/mol. The van der Waals surface area contributed by atoms with Crippen molar-refractivity contribution in [1.82, 2.24) is 15.8 Å². The van der Waals surface area contributed by atoms with E-state index in [1.807, 2.05) is 41.8 Å². The van der Waals surface area contributed by atoms with Gasteiger partial charge in [0.15, 0.2) is 5.76 Å². The molecular formula is C21H17N3O3S. The Morgan fingerprint density at radius 1 is 1.04 bits per heavy atom.